The average Bonchev–Trinajstić information content (AvgIpc) is 2.76. The van der Waals surface area contributed by atoms with Crippen LogP contribution in [0.4, 0.5) is 13.2 Å². The van der Waals surface area contributed by atoms with E-state index >= 15 is 0 Å². The Balaban J connectivity index is 0.00000129. The molecule has 9 heteroatoms. The Kier molecular flexibility index (Phi) is 11.0. The first-order chi connectivity index (χ1) is 16.1. The Hall–Kier alpha value is -2.45. The van der Waals surface area contributed by atoms with E-state index in [0.717, 1.165) is 68.2 Å². The summed E-state index contributed by atoms with van der Waals surface area (Å²) in [5, 5.41) is 17.7. The summed E-state index contributed by atoms with van der Waals surface area (Å²) >= 11 is 0. The fourth-order valence-electron chi connectivity index (χ4n) is 4.40. The first-order valence-corrected chi connectivity index (χ1v) is 11.5. The van der Waals surface area contributed by atoms with Crippen molar-refractivity contribution in [1.29, 1.82) is 0 Å². The molecule has 0 amide bonds. The molecule has 1 aliphatic rings. The third-order valence-corrected chi connectivity index (χ3v) is 6.47. The Morgan fingerprint density at radius 3 is 2.00 bits per heavy atom. The van der Waals surface area contributed by atoms with Gasteiger partial charge in [0.1, 0.15) is 0 Å². The molecule has 1 aliphatic carbocycles. The molecular weight excluding hydrogens is 446 g/mol. The zero-order valence-corrected chi connectivity index (χ0v) is 19.0. The molecule has 1 saturated carbocycles. The van der Waals surface area contributed by atoms with Crippen molar-refractivity contribution in [3.05, 3.63) is 59.7 Å². The Bertz CT molecular complexity index is 892. The van der Waals surface area contributed by atoms with E-state index < -0.39 is 18.9 Å². The van der Waals surface area contributed by atoms with Gasteiger partial charge in [-0.2, -0.15) is 22.8 Å². The van der Waals surface area contributed by atoms with E-state index in [0.29, 0.717) is 18.2 Å². The zero-order valence-electron chi connectivity index (χ0n) is 19.0. The van der Waals surface area contributed by atoms with Gasteiger partial charge in [0.15, 0.2) is 0 Å². The minimum Gasteiger partial charge on any atom is -0.427 e. The normalized spacial score (nSPS) is 18.2. The van der Waals surface area contributed by atoms with E-state index in [-0.39, 0.29) is 12.2 Å². The Morgan fingerprint density at radius 1 is 0.971 bits per heavy atom. The van der Waals surface area contributed by atoms with Gasteiger partial charge in [0.25, 0.3) is 0 Å². The number of aryl methyl sites for hydroxylation is 1. The molecule has 0 spiro atoms. The summed E-state index contributed by atoms with van der Waals surface area (Å²) in [4.78, 5) is 16.2. The number of carbonyl (C=O) groups excluding carboxylic acids is 2. The van der Waals surface area contributed by atoms with Crippen molar-refractivity contribution in [3.63, 3.8) is 0 Å². The predicted molar refractivity (Wildman–Crippen MR) is 123 cm³/mol. The Labute approximate surface area is 198 Å². The number of alkyl halides is 3. The van der Waals surface area contributed by atoms with E-state index in [1.165, 1.54) is 17.7 Å². The van der Waals surface area contributed by atoms with Crippen molar-refractivity contribution >= 4 is 13.3 Å². The molecule has 0 bridgehead atoms. The summed E-state index contributed by atoms with van der Waals surface area (Å²) in [5.74, 6) is 1.27. The largest absolute Gasteiger partial charge is 0.451 e. The van der Waals surface area contributed by atoms with Crippen LogP contribution in [0, 0.1) is 11.8 Å². The van der Waals surface area contributed by atoms with Crippen LogP contribution in [-0.2, 0) is 22.2 Å². The zero-order chi connectivity index (χ0) is 25.1. The molecule has 184 valence electrons. The van der Waals surface area contributed by atoms with Crippen molar-refractivity contribution in [2.45, 2.75) is 63.5 Å². The minimum absolute atomic E-state index is 0.204. The molecule has 1 fully saturated rings. The summed E-state index contributed by atoms with van der Waals surface area (Å²) in [6.07, 6.45) is 3.47. The van der Waals surface area contributed by atoms with Crippen molar-refractivity contribution in [3.8, 4) is 11.1 Å². The third kappa shape index (κ3) is 9.07. The third-order valence-electron chi connectivity index (χ3n) is 6.47. The number of halogens is 3. The summed E-state index contributed by atoms with van der Waals surface area (Å²) in [6, 6.07) is 13.5. The highest BCUT2D eigenvalue weighted by molar-refractivity contribution is 6.40. The quantitative estimate of drug-likeness (QED) is 0.340. The van der Waals surface area contributed by atoms with Gasteiger partial charge in [0, 0.05) is 6.04 Å². The van der Waals surface area contributed by atoms with Crippen molar-refractivity contribution in [2.75, 3.05) is 0 Å². The molecule has 0 radical (unpaired) electrons. The molecule has 0 aromatic heterocycles. The fourth-order valence-corrected chi connectivity index (χ4v) is 4.40. The summed E-state index contributed by atoms with van der Waals surface area (Å²) < 4.78 is 38.1. The number of rotatable bonds is 10. The van der Waals surface area contributed by atoms with E-state index in [1.54, 1.807) is 0 Å². The minimum atomic E-state index is -4.31. The number of hydrogen-bond donors (Lipinski definition) is 3. The van der Waals surface area contributed by atoms with Crippen LogP contribution in [-0.4, -0.2) is 29.4 Å². The van der Waals surface area contributed by atoms with E-state index in [1.807, 2.05) is 12.1 Å². The molecule has 1 atom stereocenters. The van der Waals surface area contributed by atoms with Crippen molar-refractivity contribution in [2.24, 2.45) is 17.6 Å². The molecule has 1 unspecified atom stereocenters. The lowest BCUT2D eigenvalue weighted by atomic mass is 9.68. The highest BCUT2D eigenvalue weighted by atomic mass is 19.4. The van der Waals surface area contributed by atoms with Crippen molar-refractivity contribution in [1.82, 2.24) is 0 Å². The van der Waals surface area contributed by atoms with E-state index in [4.69, 9.17) is 25.4 Å². The lowest BCUT2D eigenvalue weighted by Crippen LogP contribution is -2.39. The maximum absolute atomic E-state index is 12.7. The molecule has 34 heavy (non-hydrogen) atoms. The van der Waals surface area contributed by atoms with Gasteiger partial charge < -0.3 is 15.8 Å². The van der Waals surface area contributed by atoms with Crippen LogP contribution in [0.1, 0.15) is 49.7 Å². The molecule has 4 N–H and O–H groups in total. The molecule has 5 nitrogen and oxygen atoms in total. The van der Waals surface area contributed by atoms with Gasteiger partial charge >= 0.3 is 19.4 Å². The van der Waals surface area contributed by atoms with Gasteiger partial charge in [-0.15, -0.1) is 0 Å². The van der Waals surface area contributed by atoms with Gasteiger partial charge in [-0.05, 0) is 79.1 Å². The molecule has 2 aromatic rings. The lowest BCUT2D eigenvalue weighted by Gasteiger charge is -2.39. The molecule has 2 aromatic carbocycles. The number of benzene rings is 2. The van der Waals surface area contributed by atoms with Gasteiger partial charge in [0.05, 0.1) is 5.56 Å². The fraction of sp³-hybridized carbons (Fsp3) is 0.480. The topological polar surface area (TPSA) is 101 Å². The highest BCUT2D eigenvalue weighted by Crippen LogP contribution is 2.39. The lowest BCUT2D eigenvalue weighted by molar-refractivity contribution is -0.191. The molecule has 0 aliphatic heterocycles. The van der Waals surface area contributed by atoms with Crippen molar-refractivity contribution < 1.29 is 32.8 Å². The van der Waals surface area contributed by atoms with Crippen LogP contribution in [0.3, 0.4) is 0 Å². The molecule has 0 heterocycles. The predicted octanol–water partition coefficient (Wildman–Crippen LogP) is 4.72. The standard InChI is InChI=1S/C24H31BF3NO2.CO2/c26-24(27,28)22-12-10-20(11-13-22)19-8-6-17(7-9-19)4-5-18-15-21(16-18)23(29)3-1-2-14-25(30)31;2-1-3/h6-13,18,21,23,30-31H,1-5,14-16,29H2;. The van der Waals surface area contributed by atoms with E-state index in [9.17, 15) is 13.2 Å². The van der Waals surface area contributed by atoms with Gasteiger partial charge in [-0.25, -0.2) is 0 Å². The van der Waals surface area contributed by atoms with Gasteiger partial charge in [-0.1, -0.05) is 49.2 Å². The molecular formula is C25H31BF3NO4. The number of hydrogen-bond acceptors (Lipinski definition) is 5. The maximum atomic E-state index is 12.7. The van der Waals surface area contributed by atoms with E-state index in [2.05, 4.69) is 12.1 Å². The highest BCUT2D eigenvalue weighted by Gasteiger charge is 2.32. The van der Waals surface area contributed by atoms with Crippen LogP contribution in [0.5, 0.6) is 0 Å². The van der Waals surface area contributed by atoms with Crippen LogP contribution in [0.15, 0.2) is 48.5 Å². The van der Waals surface area contributed by atoms with Gasteiger partial charge in [0.2, 0.25) is 0 Å². The van der Waals surface area contributed by atoms with Gasteiger partial charge in [-0.3, -0.25) is 0 Å². The number of unbranched alkanes of at least 4 members (excludes halogenated alkanes) is 1. The monoisotopic (exact) mass is 477 g/mol. The second-order valence-corrected chi connectivity index (χ2v) is 8.92. The molecule has 3 rings (SSSR count). The Morgan fingerprint density at radius 2 is 1.50 bits per heavy atom. The number of nitrogens with two attached hydrogens (primary N) is 1. The van der Waals surface area contributed by atoms with Crippen LogP contribution in [0.2, 0.25) is 6.32 Å². The SMILES string of the molecule is NC(CCCCB(O)O)C1CC(CCc2ccc(-c3ccc(C(F)(F)F)cc3)cc2)C1.O=C=O. The first-order valence-electron chi connectivity index (χ1n) is 11.5. The average molecular weight is 477 g/mol. The second kappa shape index (κ2) is 13.4. The summed E-state index contributed by atoms with van der Waals surface area (Å²) in [7, 11) is -1.21. The molecule has 0 saturated heterocycles. The van der Waals surface area contributed by atoms with Crippen LogP contribution >= 0.6 is 0 Å². The smallest absolute Gasteiger partial charge is 0.427 e. The van der Waals surface area contributed by atoms with Crippen LogP contribution in [0.25, 0.3) is 11.1 Å². The first kappa shape index (κ1) is 27.8. The summed E-state index contributed by atoms with van der Waals surface area (Å²) in [6.45, 7) is 0. The van der Waals surface area contributed by atoms with Crippen LogP contribution < -0.4 is 5.73 Å². The maximum Gasteiger partial charge on any atom is 0.451 e. The second-order valence-electron chi connectivity index (χ2n) is 8.92. The summed E-state index contributed by atoms with van der Waals surface area (Å²) in [5.41, 5.74) is 8.59.